The topological polar surface area (TPSA) is 164 Å². The van der Waals surface area contributed by atoms with Gasteiger partial charge >= 0.3 is 11.9 Å². The number of aromatic hydroxyl groups is 3. The highest BCUT2D eigenvalue weighted by Gasteiger charge is 2.53. The van der Waals surface area contributed by atoms with Gasteiger partial charge in [-0.05, 0) is 66.2 Å². The van der Waals surface area contributed by atoms with Gasteiger partial charge in [0.1, 0.15) is 40.1 Å². The zero-order chi connectivity index (χ0) is 34.7. The minimum absolute atomic E-state index is 0.0198. The average molecular weight is 665 g/mol. The molecule has 10 nitrogen and oxygen atoms in total. The summed E-state index contributed by atoms with van der Waals surface area (Å²) in [5, 5.41) is 39.6. The fourth-order valence-electron chi connectivity index (χ4n) is 6.69. The number of carboxylic acid groups (broad SMARTS) is 1. The normalized spacial score (nSPS) is 13.4. The van der Waals surface area contributed by atoms with E-state index in [1.165, 1.54) is 54.6 Å². The molecule has 0 radical (unpaired) electrons. The van der Waals surface area contributed by atoms with Gasteiger partial charge in [0.2, 0.25) is 0 Å². The van der Waals surface area contributed by atoms with Crippen LogP contribution < -0.4 is 10.2 Å². The van der Waals surface area contributed by atoms with E-state index in [2.05, 4.69) is 0 Å². The molecule has 0 amide bonds. The summed E-state index contributed by atoms with van der Waals surface area (Å²) in [5.41, 5.74) is 3.38. The third-order valence-electron chi connectivity index (χ3n) is 8.78. The molecular formula is C40H24O10. The minimum Gasteiger partial charge on any atom is -0.508 e. The number of carbonyl (C=O) groups is 2. The van der Waals surface area contributed by atoms with Gasteiger partial charge in [-0.25, -0.2) is 9.59 Å². The second-order valence-corrected chi connectivity index (χ2v) is 11.7. The molecule has 0 unspecified atom stereocenters. The Morgan fingerprint density at radius 1 is 0.600 bits per heavy atom. The van der Waals surface area contributed by atoms with Crippen molar-refractivity contribution in [2.45, 2.75) is 5.60 Å². The molecule has 1 aliphatic carbocycles. The van der Waals surface area contributed by atoms with Gasteiger partial charge < -0.3 is 34.3 Å². The molecular weight excluding hydrogens is 640 g/mol. The van der Waals surface area contributed by atoms with Gasteiger partial charge in [-0.15, -0.1) is 0 Å². The van der Waals surface area contributed by atoms with Crippen LogP contribution >= 0.6 is 0 Å². The maximum Gasteiger partial charge on any atom is 0.340 e. The molecule has 3 aliphatic heterocycles. The smallest absolute Gasteiger partial charge is 0.340 e. The number of esters is 1. The number of carbonyl (C=O) groups excluding carboxylic acids is 1. The third-order valence-corrected chi connectivity index (χ3v) is 8.78. The number of benzene rings is 6. The molecule has 1 spiro atoms. The molecule has 9 rings (SSSR count). The standard InChI is InChI=1S/2C20H12O5/c21-11-5-7-15-17(9-11)24-18-10-12(22)6-8-16(18)20(15)14-4-2-1-3-13(14)19(23)25-20;21-11-5-7-15-17(9-11)25-18-10-12(22)6-8-16(18)19(15)13-3-1-2-4-14(13)20(23)24/h1-10,21-22H;1-10,21H,(H,23,24). The van der Waals surface area contributed by atoms with Crippen LogP contribution in [0.2, 0.25) is 0 Å². The van der Waals surface area contributed by atoms with Crippen molar-refractivity contribution in [1.82, 2.24) is 0 Å². The van der Waals surface area contributed by atoms with Gasteiger partial charge in [-0.3, -0.25) is 4.79 Å². The molecule has 3 heterocycles. The highest BCUT2D eigenvalue weighted by molar-refractivity contribution is 6.07. The van der Waals surface area contributed by atoms with E-state index in [4.69, 9.17) is 13.9 Å². The molecule has 0 bridgehead atoms. The van der Waals surface area contributed by atoms with E-state index in [0.29, 0.717) is 67.2 Å². The average Bonchev–Trinajstić information content (AvgIpc) is 3.39. The number of phenols is 3. The molecule has 4 N–H and O–H groups in total. The first kappa shape index (κ1) is 30.3. The number of rotatable bonds is 2. The Bertz CT molecular complexity index is 2510. The van der Waals surface area contributed by atoms with Crippen LogP contribution in [0.3, 0.4) is 0 Å². The van der Waals surface area contributed by atoms with E-state index in [0.717, 1.165) is 0 Å². The number of phenolic OH excluding ortho intramolecular Hbond substituents is 3. The molecule has 5 aromatic rings. The van der Waals surface area contributed by atoms with Crippen LogP contribution in [0.25, 0.3) is 33.4 Å². The Morgan fingerprint density at radius 2 is 1.22 bits per heavy atom. The number of fused-ring (bicyclic) bond motifs is 8. The van der Waals surface area contributed by atoms with E-state index < -0.39 is 17.5 Å². The number of ether oxygens (including phenoxy) is 2. The molecule has 4 aliphatic rings. The van der Waals surface area contributed by atoms with Crippen molar-refractivity contribution in [1.29, 1.82) is 0 Å². The van der Waals surface area contributed by atoms with Crippen molar-refractivity contribution < 1.29 is 43.9 Å². The monoisotopic (exact) mass is 664 g/mol. The Kier molecular flexibility index (Phi) is 6.83. The second kappa shape index (κ2) is 11.3. The Morgan fingerprint density at radius 3 is 1.92 bits per heavy atom. The lowest BCUT2D eigenvalue weighted by Gasteiger charge is -2.36. The van der Waals surface area contributed by atoms with E-state index >= 15 is 0 Å². The molecule has 0 saturated heterocycles. The van der Waals surface area contributed by atoms with Crippen LogP contribution in [0.4, 0.5) is 0 Å². The molecule has 0 atom stereocenters. The largest absolute Gasteiger partial charge is 0.508 e. The van der Waals surface area contributed by atoms with Crippen LogP contribution in [0, 0.1) is 0 Å². The number of aromatic carboxylic acids is 1. The van der Waals surface area contributed by atoms with Gasteiger partial charge in [-0.2, -0.15) is 0 Å². The van der Waals surface area contributed by atoms with Crippen LogP contribution in [0.15, 0.2) is 131 Å². The van der Waals surface area contributed by atoms with Gasteiger partial charge in [0.15, 0.2) is 11.0 Å². The minimum atomic E-state index is -1.17. The molecule has 0 aromatic heterocycles. The third kappa shape index (κ3) is 4.69. The maximum atomic E-state index is 12.5. The van der Waals surface area contributed by atoms with Crippen LogP contribution in [0.1, 0.15) is 37.4 Å². The summed E-state index contributed by atoms with van der Waals surface area (Å²) in [4.78, 5) is 35.9. The molecule has 10 heteroatoms. The van der Waals surface area contributed by atoms with Gasteiger partial charge in [0.05, 0.1) is 11.1 Å². The second-order valence-electron chi connectivity index (χ2n) is 11.7. The summed E-state index contributed by atoms with van der Waals surface area (Å²) >= 11 is 0. The Hall–Kier alpha value is -7.07. The van der Waals surface area contributed by atoms with E-state index in [1.54, 1.807) is 54.6 Å². The number of carboxylic acids is 1. The first-order valence-corrected chi connectivity index (χ1v) is 15.3. The van der Waals surface area contributed by atoms with Crippen LogP contribution in [0.5, 0.6) is 28.7 Å². The van der Waals surface area contributed by atoms with Crippen molar-refractivity contribution >= 4 is 22.9 Å². The zero-order valence-electron chi connectivity index (χ0n) is 25.8. The zero-order valence-corrected chi connectivity index (χ0v) is 25.8. The first-order valence-electron chi connectivity index (χ1n) is 15.3. The SMILES string of the molecule is O=C(O)c1ccccc1-c1c2ccc(=O)cc-2oc2cc(O)ccc12.O=C1OC2(c3ccc(O)cc3Oc3cc(O)ccc32)c2ccccc21. The van der Waals surface area contributed by atoms with Crippen LogP contribution in [-0.2, 0) is 10.3 Å². The lowest BCUT2D eigenvalue weighted by molar-refractivity contribution is 0.0224. The summed E-state index contributed by atoms with van der Waals surface area (Å²) in [6, 6.07) is 32.3. The van der Waals surface area contributed by atoms with E-state index in [1.807, 2.05) is 12.1 Å². The Labute approximate surface area is 282 Å². The quantitative estimate of drug-likeness (QED) is 0.107. The fraction of sp³-hybridized carbons (Fsp3) is 0.0250. The van der Waals surface area contributed by atoms with Crippen molar-refractivity contribution in [3.63, 3.8) is 0 Å². The lowest BCUT2D eigenvalue weighted by Crippen LogP contribution is -2.32. The van der Waals surface area contributed by atoms with E-state index in [-0.39, 0.29) is 28.2 Å². The summed E-state index contributed by atoms with van der Waals surface area (Å²) in [7, 11) is 0. The van der Waals surface area contributed by atoms with Gasteiger partial charge in [0.25, 0.3) is 0 Å². The highest BCUT2D eigenvalue weighted by Crippen LogP contribution is 2.57. The van der Waals surface area contributed by atoms with Gasteiger partial charge in [-0.1, -0.05) is 36.4 Å². The molecule has 0 saturated carbocycles. The molecule has 5 aromatic carbocycles. The molecule has 0 fully saturated rings. The van der Waals surface area contributed by atoms with Crippen molar-refractivity contribution in [2.24, 2.45) is 0 Å². The summed E-state index contributed by atoms with van der Waals surface area (Å²) < 4.78 is 17.5. The summed E-state index contributed by atoms with van der Waals surface area (Å²) in [6.45, 7) is 0. The molecule has 244 valence electrons. The number of hydrogen-bond acceptors (Lipinski definition) is 9. The van der Waals surface area contributed by atoms with Gasteiger partial charge in [0, 0.05) is 57.5 Å². The fourth-order valence-corrected chi connectivity index (χ4v) is 6.69. The first-order chi connectivity index (χ1) is 24.1. The highest BCUT2D eigenvalue weighted by atomic mass is 16.6. The van der Waals surface area contributed by atoms with Crippen molar-refractivity contribution in [3.05, 3.63) is 159 Å². The predicted octanol–water partition coefficient (Wildman–Crippen LogP) is 7.63. The van der Waals surface area contributed by atoms with Crippen molar-refractivity contribution in [3.8, 4) is 51.2 Å². The predicted molar refractivity (Wildman–Crippen MR) is 181 cm³/mol. The molecule has 50 heavy (non-hydrogen) atoms. The van der Waals surface area contributed by atoms with Crippen molar-refractivity contribution in [2.75, 3.05) is 0 Å². The summed E-state index contributed by atoms with van der Waals surface area (Å²) in [6.07, 6.45) is 0. The number of hydrogen-bond donors (Lipinski definition) is 4. The van der Waals surface area contributed by atoms with E-state index in [9.17, 15) is 34.8 Å². The van der Waals surface area contributed by atoms with Crippen LogP contribution in [-0.4, -0.2) is 32.4 Å². The maximum absolute atomic E-state index is 12.5. The summed E-state index contributed by atoms with van der Waals surface area (Å²) in [5.74, 6) is -0.282. The Balaban J connectivity index is 0.000000144. The lowest BCUT2D eigenvalue weighted by atomic mass is 9.77.